The number of benzene rings is 2. The van der Waals surface area contributed by atoms with Crippen LogP contribution in [0, 0.1) is 12.0 Å². The van der Waals surface area contributed by atoms with Crippen LogP contribution >= 0.6 is 0 Å². The third kappa shape index (κ3) is 4.23. The fourth-order valence-electron chi connectivity index (χ4n) is 2.95. The standard InChI is InChI=1S/C20H25/c1-16(2)14-20(19-12-8-5-9-13-19)15-17(3)18-10-6-4-7-11-18/h5-13,16-17,20H,14-15H2,1-3H3. The van der Waals surface area contributed by atoms with Crippen LogP contribution in [0.3, 0.4) is 0 Å². The molecule has 2 aromatic carbocycles. The van der Waals surface area contributed by atoms with E-state index in [-0.39, 0.29) is 0 Å². The Morgan fingerprint density at radius 3 is 2.05 bits per heavy atom. The first kappa shape index (κ1) is 14.8. The first-order chi connectivity index (χ1) is 9.66. The fraction of sp³-hybridized carbons (Fsp3) is 0.400. The molecular formula is C20H25. The molecule has 0 aliphatic heterocycles. The molecule has 0 aliphatic carbocycles. The zero-order valence-corrected chi connectivity index (χ0v) is 12.8. The molecular weight excluding hydrogens is 240 g/mol. The zero-order chi connectivity index (χ0) is 14.4. The molecule has 0 bridgehead atoms. The lowest BCUT2D eigenvalue weighted by Gasteiger charge is -2.23. The molecule has 0 heterocycles. The van der Waals surface area contributed by atoms with Gasteiger partial charge in [-0.1, -0.05) is 75.4 Å². The van der Waals surface area contributed by atoms with Crippen molar-refractivity contribution in [1.82, 2.24) is 0 Å². The van der Waals surface area contributed by atoms with E-state index < -0.39 is 0 Å². The normalized spacial score (nSPS) is 14.2. The molecule has 0 spiro atoms. The van der Waals surface area contributed by atoms with Crippen molar-refractivity contribution in [2.75, 3.05) is 0 Å². The summed E-state index contributed by atoms with van der Waals surface area (Å²) in [6, 6.07) is 22.5. The van der Waals surface area contributed by atoms with Gasteiger partial charge in [-0.2, -0.15) is 0 Å². The van der Waals surface area contributed by atoms with Crippen LogP contribution in [0.1, 0.15) is 56.6 Å². The summed E-state index contributed by atoms with van der Waals surface area (Å²) >= 11 is 0. The quantitative estimate of drug-likeness (QED) is 0.618. The Morgan fingerprint density at radius 1 is 0.800 bits per heavy atom. The largest absolute Gasteiger partial charge is 0.0628 e. The van der Waals surface area contributed by atoms with Crippen LogP contribution in [0.4, 0.5) is 0 Å². The molecule has 1 radical (unpaired) electrons. The molecule has 2 unspecified atom stereocenters. The van der Waals surface area contributed by atoms with E-state index in [4.69, 9.17) is 0 Å². The van der Waals surface area contributed by atoms with Gasteiger partial charge >= 0.3 is 0 Å². The van der Waals surface area contributed by atoms with Crippen molar-refractivity contribution in [2.45, 2.75) is 45.4 Å². The molecule has 0 aromatic heterocycles. The van der Waals surface area contributed by atoms with Crippen LogP contribution in [-0.2, 0) is 0 Å². The second-order valence-electron chi connectivity index (χ2n) is 6.21. The van der Waals surface area contributed by atoms with Gasteiger partial charge in [0.1, 0.15) is 0 Å². The van der Waals surface area contributed by atoms with Gasteiger partial charge in [0.2, 0.25) is 0 Å². The van der Waals surface area contributed by atoms with E-state index in [1.54, 1.807) is 0 Å². The maximum Gasteiger partial charge on any atom is -0.0154 e. The van der Waals surface area contributed by atoms with E-state index >= 15 is 0 Å². The summed E-state index contributed by atoms with van der Waals surface area (Å²) in [7, 11) is 0. The van der Waals surface area contributed by atoms with Gasteiger partial charge in [0.05, 0.1) is 0 Å². The van der Waals surface area contributed by atoms with Crippen molar-refractivity contribution in [2.24, 2.45) is 5.92 Å². The SMILES string of the molecule is CC(C)CC(CC(C)c1cc[c]cc1)c1ccccc1. The summed E-state index contributed by atoms with van der Waals surface area (Å²) in [5.74, 6) is 1.97. The Hall–Kier alpha value is -1.56. The Balaban J connectivity index is 2.12. The predicted molar refractivity (Wildman–Crippen MR) is 86.9 cm³/mol. The molecule has 0 heteroatoms. The smallest absolute Gasteiger partial charge is 0.0154 e. The maximum atomic E-state index is 3.10. The highest BCUT2D eigenvalue weighted by molar-refractivity contribution is 5.23. The molecule has 0 fully saturated rings. The lowest BCUT2D eigenvalue weighted by molar-refractivity contribution is 0.452. The molecule has 2 aromatic rings. The second kappa shape index (κ2) is 7.28. The van der Waals surface area contributed by atoms with Gasteiger partial charge < -0.3 is 0 Å². The maximum absolute atomic E-state index is 3.10. The number of hydrogen-bond acceptors (Lipinski definition) is 0. The molecule has 0 nitrogen and oxygen atoms in total. The summed E-state index contributed by atoms with van der Waals surface area (Å²) in [6.45, 7) is 6.97. The lowest BCUT2D eigenvalue weighted by Crippen LogP contribution is -2.07. The van der Waals surface area contributed by atoms with E-state index in [1.807, 2.05) is 12.1 Å². The van der Waals surface area contributed by atoms with Crippen molar-refractivity contribution < 1.29 is 0 Å². The van der Waals surface area contributed by atoms with Crippen LogP contribution in [-0.4, -0.2) is 0 Å². The molecule has 2 atom stereocenters. The highest BCUT2D eigenvalue weighted by Gasteiger charge is 2.17. The Labute approximate surface area is 123 Å². The van der Waals surface area contributed by atoms with E-state index in [9.17, 15) is 0 Å². The minimum absolute atomic E-state index is 0.591. The van der Waals surface area contributed by atoms with Gasteiger partial charge in [0.25, 0.3) is 0 Å². The van der Waals surface area contributed by atoms with Gasteiger partial charge in [-0.05, 0) is 47.8 Å². The summed E-state index contributed by atoms with van der Waals surface area (Å²) in [5.41, 5.74) is 2.91. The van der Waals surface area contributed by atoms with Gasteiger partial charge in [-0.3, -0.25) is 0 Å². The summed E-state index contributed by atoms with van der Waals surface area (Å²) in [6.07, 6.45) is 2.47. The second-order valence-corrected chi connectivity index (χ2v) is 6.21. The fourth-order valence-corrected chi connectivity index (χ4v) is 2.95. The Morgan fingerprint density at radius 2 is 1.45 bits per heavy atom. The van der Waals surface area contributed by atoms with Crippen LogP contribution in [0.25, 0.3) is 0 Å². The summed E-state index contributed by atoms with van der Waals surface area (Å²) in [5, 5.41) is 0. The Kier molecular flexibility index (Phi) is 5.40. The van der Waals surface area contributed by atoms with Crippen LogP contribution in [0.15, 0.2) is 54.6 Å². The van der Waals surface area contributed by atoms with Gasteiger partial charge in [-0.25, -0.2) is 0 Å². The van der Waals surface area contributed by atoms with Gasteiger partial charge in [0.15, 0.2) is 0 Å². The molecule has 105 valence electrons. The van der Waals surface area contributed by atoms with Crippen molar-refractivity contribution in [3.8, 4) is 0 Å². The van der Waals surface area contributed by atoms with Crippen LogP contribution in [0.5, 0.6) is 0 Å². The summed E-state index contributed by atoms with van der Waals surface area (Å²) < 4.78 is 0. The van der Waals surface area contributed by atoms with E-state index in [2.05, 4.69) is 69.3 Å². The minimum Gasteiger partial charge on any atom is -0.0628 e. The van der Waals surface area contributed by atoms with Gasteiger partial charge in [-0.15, -0.1) is 0 Å². The van der Waals surface area contributed by atoms with Crippen molar-refractivity contribution in [3.63, 3.8) is 0 Å². The molecule has 0 aliphatic rings. The third-order valence-corrected chi connectivity index (χ3v) is 3.98. The predicted octanol–water partition coefficient (Wildman–Crippen LogP) is 5.81. The molecule has 2 rings (SSSR count). The van der Waals surface area contributed by atoms with E-state index in [0.717, 1.165) is 5.92 Å². The molecule has 0 amide bonds. The monoisotopic (exact) mass is 265 g/mol. The van der Waals surface area contributed by atoms with E-state index in [0.29, 0.717) is 11.8 Å². The third-order valence-electron chi connectivity index (χ3n) is 3.98. The average Bonchev–Trinajstić information content (AvgIpc) is 2.48. The first-order valence-corrected chi connectivity index (χ1v) is 7.67. The van der Waals surface area contributed by atoms with Crippen molar-refractivity contribution in [1.29, 1.82) is 0 Å². The highest BCUT2D eigenvalue weighted by atomic mass is 14.2. The lowest BCUT2D eigenvalue weighted by atomic mass is 9.82. The number of rotatable bonds is 6. The number of hydrogen-bond donors (Lipinski definition) is 0. The highest BCUT2D eigenvalue weighted by Crippen LogP contribution is 2.33. The van der Waals surface area contributed by atoms with Crippen LogP contribution in [0.2, 0.25) is 0 Å². The molecule has 0 saturated heterocycles. The average molecular weight is 265 g/mol. The summed E-state index contributed by atoms with van der Waals surface area (Å²) in [4.78, 5) is 0. The molecule has 0 saturated carbocycles. The minimum atomic E-state index is 0.591. The topological polar surface area (TPSA) is 0 Å². The van der Waals surface area contributed by atoms with Crippen molar-refractivity contribution in [3.05, 3.63) is 71.8 Å². The zero-order valence-electron chi connectivity index (χ0n) is 12.8. The Bertz CT molecular complexity index is 484. The molecule has 20 heavy (non-hydrogen) atoms. The van der Waals surface area contributed by atoms with E-state index in [1.165, 1.54) is 24.0 Å². The molecule has 0 N–H and O–H groups in total. The van der Waals surface area contributed by atoms with Crippen molar-refractivity contribution >= 4 is 0 Å². The van der Waals surface area contributed by atoms with Crippen LogP contribution < -0.4 is 0 Å². The van der Waals surface area contributed by atoms with Gasteiger partial charge in [0, 0.05) is 0 Å². The first-order valence-electron chi connectivity index (χ1n) is 7.67.